The van der Waals surface area contributed by atoms with Gasteiger partial charge in [-0.2, -0.15) is 4.98 Å². The van der Waals surface area contributed by atoms with Gasteiger partial charge in [-0.25, -0.2) is 0 Å². The molecule has 0 amide bonds. The molecule has 0 unspecified atom stereocenters. The summed E-state index contributed by atoms with van der Waals surface area (Å²) in [5.41, 5.74) is 0. The molecule has 1 heterocycles. The summed E-state index contributed by atoms with van der Waals surface area (Å²) in [6.07, 6.45) is -0.155. The lowest BCUT2D eigenvalue weighted by molar-refractivity contribution is 0.109. The van der Waals surface area contributed by atoms with Crippen LogP contribution in [0.4, 0.5) is 0 Å². The van der Waals surface area contributed by atoms with E-state index in [0.29, 0.717) is 11.7 Å². The van der Waals surface area contributed by atoms with Crippen LogP contribution in [0.1, 0.15) is 37.0 Å². The molecule has 0 aliphatic carbocycles. The van der Waals surface area contributed by atoms with E-state index >= 15 is 0 Å². The Balaban J connectivity index is 2.77. The molecule has 0 aliphatic heterocycles. The summed E-state index contributed by atoms with van der Waals surface area (Å²) in [5, 5.41) is 3.46. The maximum Gasteiger partial charge on any atom is 0.244 e. The third-order valence-corrected chi connectivity index (χ3v) is 1.70. The molecule has 0 saturated carbocycles. The highest BCUT2D eigenvalue weighted by molar-refractivity contribution is 6.20. The van der Waals surface area contributed by atoms with E-state index in [1.807, 2.05) is 6.92 Å². The fourth-order valence-electron chi connectivity index (χ4n) is 0.679. The van der Waals surface area contributed by atoms with Crippen LogP contribution in [-0.4, -0.2) is 17.3 Å². The number of hydrogen-bond donors (Lipinski definition) is 0. The van der Waals surface area contributed by atoms with Gasteiger partial charge >= 0.3 is 0 Å². The van der Waals surface area contributed by atoms with E-state index in [4.69, 9.17) is 20.9 Å². The van der Waals surface area contributed by atoms with Crippen molar-refractivity contribution in [3.8, 4) is 0 Å². The highest BCUT2D eigenvalue weighted by atomic mass is 35.5. The molecular formula is C7H11ClN2O2. The van der Waals surface area contributed by atoms with Gasteiger partial charge in [0.25, 0.3) is 0 Å². The van der Waals surface area contributed by atoms with Crippen LogP contribution in [0, 0.1) is 0 Å². The Kier molecular flexibility index (Phi) is 3.05. The smallest absolute Gasteiger partial charge is 0.244 e. The first-order valence-corrected chi connectivity index (χ1v) is 4.09. The Morgan fingerprint density at radius 1 is 1.50 bits per heavy atom. The first-order chi connectivity index (χ1) is 5.65. The topological polar surface area (TPSA) is 48.2 Å². The number of hydrogen-bond acceptors (Lipinski definition) is 4. The lowest BCUT2D eigenvalue weighted by Gasteiger charge is -2.00. The zero-order chi connectivity index (χ0) is 9.14. The van der Waals surface area contributed by atoms with Crippen LogP contribution in [0.15, 0.2) is 4.52 Å². The van der Waals surface area contributed by atoms with E-state index in [1.165, 1.54) is 0 Å². The summed E-state index contributed by atoms with van der Waals surface area (Å²) in [6.45, 7) is 3.61. The van der Waals surface area contributed by atoms with Gasteiger partial charge in [-0.1, -0.05) is 5.16 Å². The van der Waals surface area contributed by atoms with E-state index in [-0.39, 0.29) is 11.5 Å². The van der Waals surface area contributed by atoms with E-state index in [0.717, 1.165) is 0 Å². The molecule has 0 saturated heterocycles. The van der Waals surface area contributed by atoms with Crippen molar-refractivity contribution in [2.75, 3.05) is 7.11 Å². The van der Waals surface area contributed by atoms with Crippen molar-refractivity contribution >= 4 is 11.6 Å². The van der Waals surface area contributed by atoms with E-state index in [2.05, 4.69) is 10.1 Å². The lowest BCUT2D eigenvalue weighted by Crippen LogP contribution is -1.98. The molecule has 2 atom stereocenters. The van der Waals surface area contributed by atoms with Crippen molar-refractivity contribution in [1.29, 1.82) is 0 Å². The minimum atomic E-state index is -0.254. The summed E-state index contributed by atoms with van der Waals surface area (Å²) in [6, 6.07) is 0. The SMILES string of the molecule is CO[C@H](C)c1noc([C@H](C)Cl)n1. The van der Waals surface area contributed by atoms with Gasteiger partial charge in [-0.3, -0.25) is 0 Å². The van der Waals surface area contributed by atoms with Crippen molar-refractivity contribution in [3.05, 3.63) is 11.7 Å². The van der Waals surface area contributed by atoms with Crippen LogP contribution in [0.25, 0.3) is 0 Å². The van der Waals surface area contributed by atoms with Crippen molar-refractivity contribution in [1.82, 2.24) is 10.1 Å². The van der Waals surface area contributed by atoms with Crippen LogP contribution < -0.4 is 0 Å². The second-order valence-corrected chi connectivity index (χ2v) is 3.14. The predicted octanol–water partition coefficient (Wildman–Crippen LogP) is 2.08. The molecule has 1 aromatic rings. The number of alkyl halides is 1. The van der Waals surface area contributed by atoms with Crippen LogP contribution in [0.2, 0.25) is 0 Å². The second kappa shape index (κ2) is 3.87. The van der Waals surface area contributed by atoms with Crippen LogP contribution in [-0.2, 0) is 4.74 Å². The molecular weight excluding hydrogens is 180 g/mol. The molecule has 0 spiro atoms. The van der Waals surface area contributed by atoms with Crippen molar-refractivity contribution in [3.63, 3.8) is 0 Å². The third-order valence-electron chi connectivity index (χ3n) is 1.51. The Labute approximate surface area is 75.9 Å². The normalized spacial score (nSPS) is 16.0. The maximum absolute atomic E-state index is 5.73. The van der Waals surface area contributed by atoms with Crippen LogP contribution >= 0.6 is 11.6 Å². The van der Waals surface area contributed by atoms with Crippen molar-refractivity contribution in [2.24, 2.45) is 0 Å². The summed E-state index contributed by atoms with van der Waals surface area (Å²) in [4.78, 5) is 4.05. The molecule has 4 nitrogen and oxygen atoms in total. The molecule has 0 aromatic carbocycles. The van der Waals surface area contributed by atoms with Crippen molar-refractivity contribution in [2.45, 2.75) is 25.3 Å². The third kappa shape index (κ3) is 1.95. The fraction of sp³-hybridized carbons (Fsp3) is 0.714. The largest absolute Gasteiger partial charge is 0.374 e. The Bertz CT molecular complexity index is 249. The summed E-state index contributed by atoms with van der Waals surface area (Å²) in [7, 11) is 1.59. The first kappa shape index (κ1) is 9.48. The summed E-state index contributed by atoms with van der Waals surface area (Å²) < 4.78 is 9.88. The summed E-state index contributed by atoms with van der Waals surface area (Å²) in [5.74, 6) is 0.954. The standard InChI is InChI=1S/C7H11ClN2O2/c1-4(8)7-9-6(10-12-7)5(2)11-3/h4-5H,1-3H3/t4-,5+/m0/s1. The highest BCUT2D eigenvalue weighted by Crippen LogP contribution is 2.19. The van der Waals surface area contributed by atoms with Crippen LogP contribution in [0.5, 0.6) is 0 Å². The fourth-order valence-corrected chi connectivity index (χ4v) is 0.768. The number of ether oxygens (including phenoxy) is 1. The zero-order valence-corrected chi connectivity index (χ0v) is 8.00. The van der Waals surface area contributed by atoms with E-state index in [9.17, 15) is 0 Å². The average Bonchev–Trinajstić information content (AvgIpc) is 2.51. The monoisotopic (exact) mass is 190 g/mol. The quantitative estimate of drug-likeness (QED) is 0.685. The van der Waals surface area contributed by atoms with Gasteiger partial charge in [0.05, 0.1) is 0 Å². The number of halogens is 1. The van der Waals surface area contributed by atoms with Gasteiger partial charge in [-0.15, -0.1) is 11.6 Å². The Hall–Kier alpha value is -0.610. The lowest BCUT2D eigenvalue weighted by atomic mass is 10.4. The highest BCUT2D eigenvalue weighted by Gasteiger charge is 2.15. The molecule has 0 fully saturated rings. The summed E-state index contributed by atoms with van der Waals surface area (Å²) >= 11 is 5.73. The number of aromatic nitrogens is 2. The van der Waals surface area contributed by atoms with E-state index < -0.39 is 0 Å². The van der Waals surface area contributed by atoms with Gasteiger partial charge < -0.3 is 9.26 Å². The van der Waals surface area contributed by atoms with E-state index in [1.54, 1.807) is 14.0 Å². The molecule has 0 radical (unpaired) electrons. The number of nitrogens with zero attached hydrogens (tertiary/aromatic N) is 2. The minimum Gasteiger partial charge on any atom is -0.374 e. The van der Waals surface area contributed by atoms with Crippen molar-refractivity contribution < 1.29 is 9.26 Å². The first-order valence-electron chi connectivity index (χ1n) is 3.65. The molecule has 0 bridgehead atoms. The molecule has 68 valence electrons. The molecule has 0 N–H and O–H groups in total. The van der Waals surface area contributed by atoms with Gasteiger partial charge in [0.2, 0.25) is 5.89 Å². The van der Waals surface area contributed by atoms with Gasteiger partial charge in [0.1, 0.15) is 11.5 Å². The predicted molar refractivity (Wildman–Crippen MR) is 44.0 cm³/mol. The van der Waals surface area contributed by atoms with Gasteiger partial charge in [-0.05, 0) is 13.8 Å². The molecule has 5 heteroatoms. The molecule has 1 rings (SSSR count). The van der Waals surface area contributed by atoms with Gasteiger partial charge in [0, 0.05) is 7.11 Å². The maximum atomic E-state index is 5.73. The average molecular weight is 191 g/mol. The Morgan fingerprint density at radius 2 is 2.17 bits per heavy atom. The van der Waals surface area contributed by atoms with Gasteiger partial charge in [0.15, 0.2) is 5.82 Å². The number of methoxy groups -OCH3 is 1. The molecule has 0 aliphatic rings. The zero-order valence-electron chi connectivity index (χ0n) is 7.24. The Morgan fingerprint density at radius 3 is 2.58 bits per heavy atom. The molecule has 12 heavy (non-hydrogen) atoms. The second-order valence-electron chi connectivity index (χ2n) is 2.48. The minimum absolute atomic E-state index is 0.155. The van der Waals surface area contributed by atoms with Crippen LogP contribution in [0.3, 0.4) is 0 Å². The molecule has 1 aromatic heterocycles. The number of rotatable bonds is 3.